The summed E-state index contributed by atoms with van der Waals surface area (Å²) in [6.07, 6.45) is -1.39. The lowest BCUT2D eigenvalue weighted by molar-refractivity contribution is -0.137. The van der Waals surface area contributed by atoms with E-state index in [2.05, 4.69) is 25.3 Å². The van der Waals surface area contributed by atoms with E-state index in [-0.39, 0.29) is 17.3 Å². The van der Waals surface area contributed by atoms with E-state index in [0.29, 0.717) is 11.4 Å². The van der Waals surface area contributed by atoms with Crippen molar-refractivity contribution >= 4 is 23.9 Å². The fourth-order valence-electron chi connectivity index (χ4n) is 1.97. The number of anilines is 2. The summed E-state index contributed by atoms with van der Waals surface area (Å²) in [5.41, 5.74) is 4.10. The molecule has 0 bridgehead atoms. The van der Waals surface area contributed by atoms with Gasteiger partial charge in [0.1, 0.15) is 17.9 Å². The number of hydrogen-bond acceptors (Lipinski definition) is 9. The number of amides is 1. The summed E-state index contributed by atoms with van der Waals surface area (Å²) >= 11 is 0. The minimum absolute atomic E-state index is 0.0173. The first-order valence-corrected chi connectivity index (χ1v) is 6.98. The van der Waals surface area contributed by atoms with Crippen molar-refractivity contribution in [1.82, 2.24) is 20.1 Å². The fourth-order valence-corrected chi connectivity index (χ4v) is 1.97. The summed E-state index contributed by atoms with van der Waals surface area (Å²) in [7, 11) is 0. The van der Waals surface area contributed by atoms with Gasteiger partial charge in [-0.25, -0.2) is 25.0 Å². The molecule has 1 amide bonds. The van der Waals surface area contributed by atoms with Gasteiger partial charge in [-0.2, -0.15) is 13.2 Å². The van der Waals surface area contributed by atoms with Gasteiger partial charge in [-0.1, -0.05) is 0 Å². The predicted octanol–water partition coefficient (Wildman–Crippen LogP) is 0.839. The highest BCUT2D eigenvalue weighted by Gasteiger charge is 2.32. The summed E-state index contributed by atoms with van der Waals surface area (Å²) < 4.78 is 37.7. The number of alkyl halides is 3. The Balaban J connectivity index is 1.69. The molecule has 13 heteroatoms. The molecule has 0 saturated carbocycles. The van der Waals surface area contributed by atoms with Crippen molar-refractivity contribution in [2.24, 2.45) is 10.7 Å². The third-order valence-corrected chi connectivity index (χ3v) is 3.25. The zero-order valence-corrected chi connectivity index (χ0v) is 12.8. The summed E-state index contributed by atoms with van der Waals surface area (Å²) in [5.74, 6) is -0.548. The van der Waals surface area contributed by atoms with Crippen LogP contribution in [0.4, 0.5) is 24.8 Å². The molecule has 26 heavy (non-hydrogen) atoms. The summed E-state index contributed by atoms with van der Waals surface area (Å²) in [5, 5.41) is 14.4. The number of carbonyl (C=O) groups is 1. The number of hydrazine groups is 1. The third kappa shape index (κ3) is 3.52. The van der Waals surface area contributed by atoms with E-state index < -0.39 is 23.9 Å². The van der Waals surface area contributed by atoms with Gasteiger partial charge in [-0.15, -0.1) is 0 Å². The maximum atomic E-state index is 12.6. The van der Waals surface area contributed by atoms with Crippen molar-refractivity contribution in [3.63, 3.8) is 0 Å². The lowest BCUT2D eigenvalue weighted by Crippen LogP contribution is -2.43. The molecule has 0 fully saturated rings. The van der Waals surface area contributed by atoms with Crippen LogP contribution in [0, 0.1) is 0 Å². The summed E-state index contributed by atoms with van der Waals surface area (Å²) in [6.45, 7) is 0. The van der Waals surface area contributed by atoms with Gasteiger partial charge in [0.2, 0.25) is 6.29 Å². The minimum atomic E-state index is -4.51. The summed E-state index contributed by atoms with van der Waals surface area (Å²) in [4.78, 5) is 26.2. The largest absolute Gasteiger partial charge is 0.417 e. The second kappa shape index (κ2) is 6.53. The molecule has 1 aliphatic rings. The molecule has 0 spiro atoms. The number of hydrogen-bond donors (Lipinski definition) is 3. The Hall–Kier alpha value is -3.32. The van der Waals surface area contributed by atoms with E-state index in [1.165, 1.54) is 12.5 Å². The fraction of sp³-hybridized carbons (Fsp3) is 0.154. The Morgan fingerprint density at radius 1 is 1.19 bits per heavy atom. The van der Waals surface area contributed by atoms with Gasteiger partial charge in [0.25, 0.3) is 5.91 Å². The van der Waals surface area contributed by atoms with Crippen LogP contribution in [0.25, 0.3) is 0 Å². The number of aromatic nitrogens is 3. The Kier molecular flexibility index (Phi) is 4.40. The van der Waals surface area contributed by atoms with Crippen molar-refractivity contribution < 1.29 is 23.2 Å². The Bertz CT molecular complexity index is 825. The first kappa shape index (κ1) is 17.5. The van der Waals surface area contributed by atoms with Crippen molar-refractivity contribution in [1.29, 1.82) is 0 Å². The molecule has 0 aromatic carbocycles. The number of primary amides is 1. The van der Waals surface area contributed by atoms with E-state index in [0.717, 1.165) is 23.3 Å². The second-order valence-corrected chi connectivity index (χ2v) is 5.00. The molecule has 3 rings (SSSR count). The molecule has 0 aliphatic carbocycles. The van der Waals surface area contributed by atoms with Crippen LogP contribution in [0.5, 0.6) is 0 Å². The molecular weight excluding hydrogens is 357 g/mol. The van der Waals surface area contributed by atoms with Crippen LogP contribution in [0.2, 0.25) is 0 Å². The highest BCUT2D eigenvalue weighted by Crippen LogP contribution is 2.29. The quantitative estimate of drug-likeness (QED) is 0.723. The molecule has 0 radical (unpaired) electrons. The van der Waals surface area contributed by atoms with E-state index in [1.807, 2.05) is 0 Å². The number of carbonyl (C=O) groups excluding carboxylic acids is 1. The average Bonchev–Trinajstić information content (AvgIpc) is 2.95. The maximum Gasteiger partial charge on any atom is 0.417 e. The van der Waals surface area contributed by atoms with Gasteiger partial charge < -0.3 is 11.1 Å². The van der Waals surface area contributed by atoms with E-state index >= 15 is 0 Å². The number of nitrogens with zero attached hydrogens (tertiary/aromatic N) is 6. The molecule has 0 saturated heterocycles. The van der Waals surface area contributed by atoms with Crippen LogP contribution >= 0.6 is 0 Å². The number of hydroxylamine groups is 1. The minimum Gasteiger partial charge on any atom is -0.364 e. The molecule has 10 nitrogen and oxygen atoms in total. The number of pyridine rings is 1. The maximum absolute atomic E-state index is 12.6. The number of halogens is 3. The highest BCUT2D eigenvalue weighted by molar-refractivity contribution is 5.90. The van der Waals surface area contributed by atoms with Crippen molar-refractivity contribution in [3.8, 4) is 0 Å². The monoisotopic (exact) mass is 368 g/mol. The van der Waals surface area contributed by atoms with Gasteiger partial charge in [-0.05, 0) is 17.3 Å². The van der Waals surface area contributed by atoms with E-state index in [4.69, 9.17) is 5.73 Å². The molecular formula is C13H11F3N8O2. The van der Waals surface area contributed by atoms with Crippen molar-refractivity contribution in [2.45, 2.75) is 12.5 Å². The Morgan fingerprint density at radius 3 is 2.50 bits per heavy atom. The second-order valence-electron chi connectivity index (χ2n) is 5.00. The lowest BCUT2D eigenvalue weighted by Gasteiger charge is -2.25. The van der Waals surface area contributed by atoms with Gasteiger partial charge in [0.05, 0.1) is 18.0 Å². The number of aliphatic imine (C=N–C) groups is 1. The number of rotatable bonds is 4. The predicted molar refractivity (Wildman–Crippen MR) is 81.8 cm³/mol. The smallest absolute Gasteiger partial charge is 0.364 e. The zero-order chi connectivity index (χ0) is 18.9. The van der Waals surface area contributed by atoms with Gasteiger partial charge in [0, 0.05) is 6.20 Å². The first-order valence-electron chi connectivity index (χ1n) is 6.98. The van der Waals surface area contributed by atoms with Crippen LogP contribution in [0.15, 0.2) is 35.7 Å². The van der Waals surface area contributed by atoms with Gasteiger partial charge in [-0.3, -0.25) is 10.0 Å². The normalized spacial score (nSPS) is 17.5. The molecule has 2 aromatic heterocycles. The van der Waals surface area contributed by atoms with Crippen molar-refractivity contribution in [3.05, 3.63) is 42.0 Å². The summed E-state index contributed by atoms with van der Waals surface area (Å²) in [6, 6.07) is 1.92. The first-order chi connectivity index (χ1) is 12.3. The molecule has 1 atom stereocenters. The number of nitrogens with two attached hydrogens (primary N) is 1. The van der Waals surface area contributed by atoms with Crippen molar-refractivity contribution in [2.75, 3.05) is 10.3 Å². The molecule has 3 heterocycles. The third-order valence-electron chi connectivity index (χ3n) is 3.25. The molecule has 136 valence electrons. The Labute approximate surface area is 143 Å². The topological polar surface area (TPSA) is 133 Å². The molecule has 4 N–H and O–H groups in total. The SMILES string of the molecule is NC(=O)c1cnc(NC2N=CN(c3ccc(C(F)(F)F)cn3)N2O)cn1. The van der Waals surface area contributed by atoms with Gasteiger partial charge in [0.15, 0.2) is 5.82 Å². The van der Waals surface area contributed by atoms with E-state index in [9.17, 15) is 23.2 Å². The highest BCUT2D eigenvalue weighted by atomic mass is 19.4. The van der Waals surface area contributed by atoms with Crippen LogP contribution in [-0.2, 0) is 6.18 Å². The van der Waals surface area contributed by atoms with Crippen LogP contribution in [-0.4, -0.2) is 43.9 Å². The van der Waals surface area contributed by atoms with Crippen LogP contribution in [0.1, 0.15) is 16.1 Å². The van der Waals surface area contributed by atoms with Crippen LogP contribution < -0.4 is 16.1 Å². The average molecular weight is 368 g/mol. The van der Waals surface area contributed by atoms with E-state index in [1.54, 1.807) is 0 Å². The molecule has 1 unspecified atom stereocenters. The zero-order valence-electron chi connectivity index (χ0n) is 12.8. The van der Waals surface area contributed by atoms with Crippen LogP contribution in [0.3, 0.4) is 0 Å². The molecule has 2 aromatic rings. The Morgan fingerprint density at radius 2 is 1.96 bits per heavy atom. The standard InChI is InChI=1S/C13H11F3N8O2/c14-13(15,16)7-1-2-10(20-3-7)23-6-21-12(24(23)26)22-9-5-18-8(4-19-9)11(17)25/h1-6,12,26H,(H2,17,25)(H,19,22). The molecule has 1 aliphatic heterocycles. The van der Waals surface area contributed by atoms with Gasteiger partial charge >= 0.3 is 6.18 Å². The lowest BCUT2D eigenvalue weighted by atomic mass is 10.3. The number of nitrogens with one attached hydrogen (secondary N) is 1.